The van der Waals surface area contributed by atoms with E-state index in [0.29, 0.717) is 11.5 Å². The Kier molecular flexibility index (Phi) is 2.53. The van der Waals surface area contributed by atoms with Crippen molar-refractivity contribution in [2.75, 3.05) is 0 Å². The third kappa shape index (κ3) is 1.95. The van der Waals surface area contributed by atoms with Gasteiger partial charge in [-0.3, -0.25) is 0 Å². The zero-order valence-corrected chi connectivity index (χ0v) is 9.72. The highest BCUT2D eigenvalue weighted by Crippen LogP contribution is 2.19. The van der Waals surface area contributed by atoms with Gasteiger partial charge in [-0.2, -0.15) is 4.80 Å². The Morgan fingerprint density at radius 1 is 1.00 bits per heavy atom. The minimum absolute atomic E-state index is 0.497. The molecule has 0 saturated carbocycles. The molecule has 6 heteroatoms. The summed E-state index contributed by atoms with van der Waals surface area (Å²) in [6, 6.07) is 11.8. The van der Waals surface area contributed by atoms with Gasteiger partial charge in [-0.05, 0) is 11.3 Å². The lowest BCUT2D eigenvalue weighted by Crippen LogP contribution is -1.93. The Morgan fingerprint density at radius 3 is 2.50 bits per heavy atom. The average molecular weight is 238 g/mol. The van der Waals surface area contributed by atoms with Crippen LogP contribution in [0, 0.1) is 0 Å². The molecule has 18 heavy (non-hydrogen) atoms. The normalized spacial score (nSPS) is 10.5. The number of benzene rings is 1. The molecule has 0 spiro atoms. The fourth-order valence-electron chi connectivity index (χ4n) is 1.63. The van der Waals surface area contributed by atoms with Crippen LogP contribution in [0.25, 0.3) is 22.8 Å². The van der Waals surface area contributed by atoms with E-state index in [2.05, 4.69) is 25.4 Å². The van der Waals surface area contributed by atoms with Crippen molar-refractivity contribution in [2.24, 2.45) is 7.05 Å². The number of nitrogens with zero attached hydrogens (tertiary/aromatic N) is 6. The van der Waals surface area contributed by atoms with Gasteiger partial charge in [-0.15, -0.1) is 10.2 Å². The monoisotopic (exact) mass is 238 g/mol. The Labute approximate surface area is 103 Å². The molecule has 0 N–H and O–H groups in total. The van der Waals surface area contributed by atoms with Gasteiger partial charge in [0.15, 0.2) is 0 Å². The molecule has 2 aromatic heterocycles. The van der Waals surface area contributed by atoms with Crippen LogP contribution in [0.5, 0.6) is 0 Å². The molecule has 88 valence electrons. The number of hydrogen-bond acceptors (Lipinski definition) is 5. The van der Waals surface area contributed by atoms with Gasteiger partial charge in [-0.25, -0.2) is 9.97 Å². The molecule has 0 aliphatic heterocycles. The zero-order valence-electron chi connectivity index (χ0n) is 9.72. The van der Waals surface area contributed by atoms with Crippen LogP contribution in [-0.4, -0.2) is 30.2 Å². The van der Waals surface area contributed by atoms with Gasteiger partial charge in [0, 0.05) is 5.56 Å². The van der Waals surface area contributed by atoms with Gasteiger partial charge in [0.2, 0.25) is 5.82 Å². The minimum atomic E-state index is 0.497. The number of aromatic nitrogens is 6. The summed E-state index contributed by atoms with van der Waals surface area (Å²) >= 11 is 0. The van der Waals surface area contributed by atoms with Crippen molar-refractivity contribution in [1.29, 1.82) is 0 Å². The molecule has 0 radical (unpaired) electrons. The van der Waals surface area contributed by atoms with Crippen LogP contribution < -0.4 is 0 Å². The van der Waals surface area contributed by atoms with Crippen LogP contribution in [-0.2, 0) is 7.05 Å². The third-order valence-corrected chi connectivity index (χ3v) is 2.47. The summed E-state index contributed by atoms with van der Waals surface area (Å²) < 4.78 is 0. The summed E-state index contributed by atoms with van der Waals surface area (Å²) in [6.45, 7) is 0. The van der Waals surface area contributed by atoms with E-state index < -0.39 is 0 Å². The predicted molar refractivity (Wildman–Crippen MR) is 65.3 cm³/mol. The standard InChI is InChI=1S/C12H10N6/c1-18-16-12(15-17-18)11-7-10(13-8-14-11)9-5-3-2-4-6-9/h2-8H,1H3. The smallest absolute Gasteiger partial charge is 0.223 e. The van der Waals surface area contributed by atoms with E-state index in [1.165, 1.54) is 11.1 Å². The molecule has 0 aliphatic carbocycles. The van der Waals surface area contributed by atoms with Gasteiger partial charge in [-0.1, -0.05) is 30.3 Å². The van der Waals surface area contributed by atoms with Crippen molar-refractivity contribution < 1.29 is 0 Å². The van der Waals surface area contributed by atoms with Gasteiger partial charge in [0.1, 0.15) is 12.0 Å². The van der Waals surface area contributed by atoms with Crippen molar-refractivity contribution in [2.45, 2.75) is 0 Å². The van der Waals surface area contributed by atoms with Crippen molar-refractivity contribution in [1.82, 2.24) is 30.2 Å². The van der Waals surface area contributed by atoms with Gasteiger partial charge < -0.3 is 0 Å². The van der Waals surface area contributed by atoms with Crippen LogP contribution >= 0.6 is 0 Å². The molecule has 0 bridgehead atoms. The van der Waals surface area contributed by atoms with E-state index in [9.17, 15) is 0 Å². The largest absolute Gasteiger partial charge is 0.236 e. The van der Waals surface area contributed by atoms with Gasteiger partial charge >= 0.3 is 0 Å². The first-order valence-electron chi connectivity index (χ1n) is 5.45. The minimum Gasteiger partial charge on any atom is -0.236 e. The maximum atomic E-state index is 4.25. The van der Waals surface area contributed by atoms with Crippen LogP contribution in [0.4, 0.5) is 0 Å². The van der Waals surface area contributed by atoms with Crippen molar-refractivity contribution in [3.8, 4) is 22.8 Å². The Hall–Kier alpha value is -2.63. The molecule has 1 aromatic carbocycles. The maximum Gasteiger partial charge on any atom is 0.223 e. The molecule has 6 nitrogen and oxygen atoms in total. The van der Waals surface area contributed by atoms with E-state index in [-0.39, 0.29) is 0 Å². The molecular weight excluding hydrogens is 228 g/mol. The predicted octanol–water partition coefficient (Wildman–Crippen LogP) is 1.33. The third-order valence-electron chi connectivity index (χ3n) is 2.47. The summed E-state index contributed by atoms with van der Waals surface area (Å²) in [4.78, 5) is 9.81. The molecular formula is C12H10N6. The summed E-state index contributed by atoms with van der Waals surface area (Å²) in [7, 11) is 1.72. The molecule has 2 heterocycles. The summed E-state index contributed by atoms with van der Waals surface area (Å²) in [6.07, 6.45) is 1.51. The average Bonchev–Trinajstić information content (AvgIpc) is 2.87. The second kappa shape index (κ2) is 4.33. The first-order chi connectivity index (χ1) is 8.83. The first-order valence-corrected chi connectivity index (χ1v) is 5.45. The second-order valence-electron chi connectivity index (χ2n) is 3.76. The molecule has 0 amide bonds. The number of aryl methyl sites for hydroxylation is 1. The SMILES string of the molecule is Cn1nnc(-c2cc(-c3ccccc3)ncn2)n1. The zero-order chi connectivity index (χ0) is 12.4. The first kappa shape index (κ1) is 10.5. The molecule has 0 atom stereocenters. The lowest BCUT2D eigenvalue weighted by atomic mass is 10.1. The van der Waals surface area contributed by atoms with Crippen LogP contribution in [0.2, 0.25) is 0 Å². The molecule has 0 aliphatic rings. The highest BCUT2D eigenvalue weighted by molar-refractivity contribution is 5.63. The molecule has 0 unspecified atom stereocenters. The van der Waals surface area contributed by atoms with E-state index in [1.54, 1.807) is 7.05 Å². The van der Waals surface area contributed by atoms with Crippen molar-refractivity contribution >= 4 is 0 Å². The maximum absolute atomic E-state index is 4.25. The van der Waals surface area contributed by atoms with Crippen LogP contribution in [0.1, 0.15) is 0 Å². The fourth-order valence-corrected chi connectivity index (χ4v) is 1.63. The van der Waals surface area contributed by atoms with E-state index in [4.69, 9.17) is 0 Å². The van der Waals surface area contributed by atoms with Gasteiger partial charge in [0.05, 0.1) is 12.7 Å². The summed E-state index contributed by atoms with van der Waals surface area (Å²) in [5.41, 5.74) is 2.54. The summed E-state index contributed by atoms with van der Waals surface area (Å²) in [5.74, 6) is 0.497. The number of rotatable bonds is 2. The topological polar surface area (TPSA) is 69.4 Å². The van der Waals surface area contributed by atoms with E-state index in [0.717, 1.165) is 11.3 Å². The Bertz CT molecular complexity index is 661. The lowest BCUT2D eigenvalue weighted by Gasteiger charge is -2.00. The van der Waals surface area contributed by atoms with Crippen molar-refractivity contribution in [3.63, 3.8) is 0 Å². The van der Waals surface area contributed by atoms with Crippen molar-refractivity contribution in [3.05, 3.63) is 42.7 Å². The van der Waals surface area contributed by atoms with E-state index in [1.807, 2.05) is 36.4 Å². The fraction of sp³-hybridized carbons (Fsp3) is 0.0833. The molecule has 0 saturated heterocycles. The van der Waals surface area contributed by atoms with E-state index >= 15 is 0 Å². The number of hydrogen-bond donors (Lipinski definition) is 0. The van der Waals surface area contributed by atoms with Crippen LogP contribution in [0.3, 0.4) is 0 Å². The highest BCUT2D eigenvalue weighted by Gasteiger charge is 2.08. The van der Waals surface area contributed by atoms with Crippen LogP contribution in [0.15, 0.2) is 42.7 Å². The Balaban J connectivity index is 2.05. The Morgan fingerprint density at radius 2 is 1.78 bits per heavy atom. The summed E-state index contributed by atoms with van der Waals surface area (Å²) in [5, 5.41) is 11.8. The molecule has 0 fully saturated rings. The lowest BCUT2D eigenvalue weighted by molar-refractivity contribution is 0.630. The molecule has 3 aromatic rings. The number of tetrazole rings is 1. The highest BCUT2D eigenvalue weighted by atomic mass is 15.6. The van der Waals surface area contributed by atoms with Gasteiger partial charge in [0.25, 0.3) is 0 Å². The quantitative estimate of drug-likeness (QED) is 0.673. The second-order valence-corrected chi connectivity index (χ2v) is 3.76. The molecule has 3 rings (SSSR count).